The van der Waals surface area contributed by atoms with Gasteiger partial charge in [0.25, 0.3) is 0 Å². The minimum absolute atomic E-state index is 0.0335. The van der Waals surface area contributed by atoms with E-state index < -0.39 is 22.4 Å². The number of carbonyl (C=O) groups is 1. The molecule has 0 aromatic heterocycles. The molecule has 1 saturated heterocycles. The molecule has 97 valence electrons. The molecule has 2 atom stereocenters. The number of alkyl carbamates (subject to hydrolysis) is 1. The summed E-state index contributed by atoms with van der Waals surface area (Å²) in [5, 5.41) is 7.59. The summed E-state index contributed by atoms with van der Waals surface area (Å²) >= 11 is 0. The van der Waals surface area contributed by atoms with E-state index in [2.05, 4.69) is 5.32 Å². The number of aliphatic hydroxyl groups is 1. The van der Waals surface area contributed by atoms with Crippen LogP contribution in [0.5, 0.6) is 0 Å². The van der Waals surface area contributed by atoms with Gasteiger partial charge in [-0.25, -0.2) is 4.79 Å². The van der Waals surface area contributed by atoms with Crippen LogP contribution in [-0.4, -0.2) is 66.2 Å². The molecule has 5 nitrogen and oxygen atoms in total. The molecule has 0 spiro atoms. The number of hydrogen-bond donors (Lipinski definition) is 2. The fourth-order valence-corrected chi connectivity index (χ4v) is 1.81. The number of benzene rings is 1. The van der Waals surface area contributed by atoms with Crippen molar-refractivity contribution in [2.75, 3.05) is 0 Å². The molecule has 2 unspecified atom stereocenters. The van der Waals surface area contributed by atoms with Gasteiger partial charge in [0.2, 0.25) is 7.28 Å². The Labute approximate surface area is 129 Å². The zero-order valence-electron chi connectivity index (χ0n) is 11.2. The molecular weight excluding hydrogens is 264 g/mol. The second-order valence-corrected chi connectivity index (χ2v) is 4.85. The van der Waals surface area contributed by atoms with Crippen molar-refractivity contribution in [2.45, 2.75) is 22.9 Å². The van der Waals surface area contributed by atoms with Crippen molar-refractivity contribution in [3.05, 3.63) is 35.9 Å². The summed E-state index contributed by atoms with van der Waals surface area (Å²) in [4.78, 5) is 11.7. The first-order valence-electron chi connectivity index (χ1n) is 6.08. The Morgan fingerprint density at radius 3 is 2.48 bits per heavy atom. The van der Waals surface area contributed by atoms with E-state index in [0.29, 0.717) is 0 Å². The van der Waals surface area contributed by atoms with Crippen molar-refractivity contribution in [1.29, 1.82) is 0 Å². The van der Waals surface area contributed by atoms with Crippen LogP contribution < -0.4 is 5.32 Å². The second-order valence-electron chi connectivity index (χ2n) is 4.85. The van der Waals surface area contributed by atoms with Gasteiger partial charge in [-0.3, -0.25) is 0 Å². The van der Waals surface area contributed by atoms with Crippen molar-refractivity contribution in [1.82, 2.24) is 5.32 Å². The summed E-state index contributed by atoms with van der Waals surface area (Å²) in [6.45, 7) is 0.0335. The smallest absolute Gasteiger partial charge is 0.406 e. The molecule has 21 heavy (non-hydrogen) atoms. The van der Waals surface area contributed by atoms with E-state index in [1.165, 1.54) is 0 Å². The van der Waals surface area contributed by atoms with Crippen molar-refractivity contribution in [2.24, 2.45) is 0 Å². The lowest BCUT2D eigenvalue weighted by Gasteiger charge is -2.59. The number of amides is 1. The fourth-order valence-electron chi connectivity index (χ4n) is 1.81. The van der Waals surface area contributed by atoms with Gasteiger partial charge in [0.1, 0.15) is 22.3 Å². The zero-order valence-corrected chi connectivity index (χ0v) is 11.2. The molecule has 1 aromatic rings. The maximum Gasteiger partial charge on any atom is 0.406 e. The lowest BCUT2D eigenvalue weighted by molar-refractivity contribution is -0.162. The van der Waals surface area contributed by atoms with E-state index in [1.54, 1.807) is 24.3 Å². The van der Waals surface area contributed by atoms with E-state index in [9.17, 15) is 9.90 Å². The molecule has 2 N–H and O–H groups in total. The fraction of sp³-hybridized carbons (Fsp3) is 0.364. The predicted molar refractivity (Wildman–Crippen MR) is 80.0 cm³/mol. The van der Waals surface area contributed by atoms with Crippen molar-refractivity contribution in [3.8, 4) is 0 Å². The van der Waals surface area contributed by atoms with E-state index in [4.69, 9.17) is 40.9 Å². The van der Waals surface area contributed by atoms with Gasteiger partial charge in [-0.1, -0.05) is 30.3 Å². The Bertz CT molecular complexity index is 517. The lowest BCUT2D eigenvalue weighted by Crippen LogP contribution is -2.82. The molecule has 1 amide bonds. The van der Waals surface area contributed by atoms with Crippen molar-refractivity contribution < 1.29 is 19.4 Å². The average molecular weight is 273 g/mol. The Morgan fingerprint density at radius 1 is 1.38 bits per heavy atom. The van der Waals surface area contributed by atoms with Gasteiger partial charge in [-0.2, -0.15) is 0 Å². The molecule has 9 radical (unpaired) electrons. The number of hydrogen-bond acceptors (Lipinski definition) is 4. The highest BCUT2D eigenvalue weighted by molar-refractivity contribution is 6.70. The maximum absolute atomic E-state index is 11.7. The number of carbonyl (C=O) groups excluding carboxylic acids is 1. The first-order chi connectivity index (χ1) is 9.64. The van der Waals surface area contributed by atoms with Gasteiger partial charge in [0, 0.05) is 5.40 Å². The summed E-state index contributed by atoms with van der Waals surface area (Å²) in [5.41, 5.74) is -1.24. The summed E-state index contributed by atoms with van der Waals surface area (Å²) in [6, 6.07) is 9.02. The third kappa shape index (κ3) is 3.68. The molecule has 0 aliphatic carbocycles. The number of rotatable bonds is 4. The summed E-state index contributed by atoms with van der Waals surface area (Å²) < 4.78 is 9.73. The van der Waals surface area contributed by atoms with E-state index in [0.717, 1.165) is 12.8 Å². The SMILES string of the molecule is [B]C1(O)[B]C([B])(C([B])([B])NC(=O)OCc2ccccc2)O1. The van der Waals surface area contributed by atoms with Crippen molar-refractivity contribution >= 4 is 44.8 Å². The first kappa shape index (κ1) is 16.1. The molecule has 1 aromatic carbocycles. The minimum Gasteiger partial charge on any atom is -0.445 e. The van der Waals surface area contributed by atoms with Crippen molar-refractivity contribution in [3.63, 3.8) is 0 Å². The highest BCUT2D eigenvalue weighted by Gasteiger charge is 2.56. The lowest BCUT2D eigenvalue weighted by atomic mass is 9.25. The average Bonchev–Trinajstić information content (AvgIpc) is 2.34. The third-order valence-electron chi connectivity index (χ3n) is 2.92. The van der Waals surface area contributed by atoms with E-state index in [1.807, 2.05) is 6.07 Å². The third-order valence-corrected chi connectivity index (χ3v) is 2.92. The molecule has 1 aliphatic heterocycles. The Morgan fingerprint density at radius 2 is 1.95 bits per heavy atom. The van der Waals surface area contributed by atoms with Crippen LogP contribution in [0.2, 0.25) is 0 Å². The number of nitrogens with one attached hydrogen (secondary N) is 1. The maximum atomic E-state index is 11.7. The van der Waals surface area contributed by atoms with Crippen LogP contribution in [0.3, 0.4) is 0 Å². The van der Waals surface area contributed by atoms with Crippen LogP contribution in [0.4, 0.5) is 4.79 Å². The normalized spacial score (nSPS) is 28.0. The second kappa shape index (κ2) is 5.50. The monoisotopic (exact) mass is 274 g/mol. The zero-order chi connectivity index (χ0) is 15.7. The van der Waals surface area contributed by atoms with E-state index in [-0.39, 0.29) is 6.61 Å². The van der Waals surface area contributed by atoms with Crippen LogP contribution in [0, 0.1) is 0 Å². The molecule has 1 heterocycles. The molecule has 1 aliphatic rings. The van der Waals surface area contributed by atoms with Gasteiger partial charge in [-0.15, -0.1) is 0 Å². The summed E-state index contributed by atoms with van der Waals surface area (Å²) in [5.74, 6) is 0. The standard InChI is InChI=1S/C11H9B5NO4/c12-9(13,10(14)16-11(15,19)21-10)17-8(18)20-6-7-4-2-1-3-5-7/h1-5,19H,6H2,(H,17,18). The van der Waals surface area contributed by atoms with Gasteiger partial charge in [-0.05, 0) is 10.9 Å². The highest BCUT2D eigenvalue weighted by Crippen LogP contribution is 2.33. The quantitative estimate of drug-likeness (QED) is 0.637. The molecule has 10 heteroatoms. The molecule has 1 fully saturated rings. The first-order valence-corrected chi connectivity index (χ1v) is 6.08. The van der Waals surface area contributed by atoms with Gasteiger partial charge in [0.15, 0.2) is 0 Å². The Balaban J connectivity index is 1.87. The van der Waals surface area contributed by atoms with Gasteiger partial charge in [0.05, 0.1) is 21.3 Å². The van der Waals surface area contributed by atoms with Crippen LogP contribution in [0.15, 0.2) is 30.3 Å². The summed E-state index contributed by atoms with van der Waals surface area (Å²) in [6.07, 6.45) is -0.891. The topological polar surface area (TPSA) is 67.8 Å². The largest absolute Gasteiger partial charge is 0.445 e. The van der Waals surface area contributed by atoms with Gasteiger partial charge >= 0.3 is 6.09 Å². The summed E-state index contributed by atoms with van der Waals surface area (Å²) in [7, 11) is 23.2. The molecule has 0 bridgehead atoms. The Kier molecular flexibility index (Phi) is 4.22. The minimum atomic E-state index is -2.03. The van der Waals surface area contributed by atoms with E-state index >= 15 is 0 Å². The van der Waals surface area contributed by atoms with Gasteiger partial charge < -0.3 is 19.9 Å². The predicted octanol–water partition coefficient (Wildman–Crippen LogP) is -1.77. The molecule has 0 saturated carbocycles. The van der Waals surface area contributed by atoms with Crippen LogP contribution in [-0.2, 0) is 16.1 Å². The molecular formula is C11H9B5NO4. The molecule has 2 rings (SSSR count). The number of ether oxygens (including phenoxy) is 2. The highest BCUT2D eigenvalue weighted by atomic mass is 16.6. The Hall–Kier alpha value is -1.27. The van der Waals surface area contributed by atoms with Crippen LogP contribution >= 0.6 is 0 Å². The van der Waals surface area contributed by atoms with Crippen LogP contribution in [0.1, 0.15) is 5.56 Å². The van der Waals surface area contributed by atoms with Crippen LogP contribution in [0.25, 0.3) is 0 Å².